The minimum atomic E-state index is 0.784. The molecule has 0 saturated heterocycles. The van der Waals surface area contributed by atoms with Crippen molar-refractivity contribution in [2.24, 2.45) is 0 Å². The summed E-state index contributed by atoms with van der Waals surface area (Å²) < 4.78 is 0. The van der Waals surface area contributed by atoms with E-state index in [2.05, 4.69) is 20.3 Å². The third kappa shape index (κ3) is 2.93. The van der Waals surface area contributed by atoms with Crippen LogP contribution in [-0.2, 0) is 5.75 Å². The molecule has 2 aromatic heterocycles. The fourth-order valence-corrected chi connectivity index (χ4v) is 1.89. The van der Waals surface area contributed by atoms with Crippen molar-refractivity contribution in [3.63, 3.8) is 0 Å². The van der Waals surface area contributed by atoms with E-state index in [1.54, 1.807) is 30.4 Å². The van der Waals surface area contributed by atoms with Gasteiger partial charge in [-0.1, -0.05) is 17.8 Å². The standard InChI is InChI=1S/C11H12N4S/c1-12-10-7-14-9(6-15-10)8-16-11-4-2-3-5-13-11/h2-7H,8H2,1H3,(H,12,15). The molecular formula is C11H12N4S. The van der Waals surface area contributed by atoms with Crippen molar-refractivity contribution in [3.8, 4) is 0 Å². The molecule has 0 aromatic carbocycles. The second kappa shape index (κ2) is 5.46. The highest BCUT2D eigenvalue weighted by molar-refractivity contribution is 7.98. The van der Waals surface area contributed by atoms with Gasteiger partial charge in [0.15, 0.2) is 0 Å². The maximum absolute atomic E-state index is 4.29. The lowest BCUT2D eigenvalue weighted by Gasteiger charge is -2.01. The van der Waals surface area contributed by atoms with Gasteiger partial charge in [0, 0.05) is 19.0 Å². The third-order valence-electron chi connectivity index (χ3n) is 1.97. The van der Waals surface area contributed by atoms with Crippen molar-refractivity contribution in [1.29, 1.82) is 0 Å². The van der Waals surface area contributed by atoms with Crippen molar-refractivity contribution in [2.45, 2.75) is 10.8 Å². The van der Waals surface area contributed by atoms with Crippen LogP contribution in [0.3, 0.4) is 0 Å². The first-order valence-corrected chi connectivity index (χ1v) is 5.89. The molecule has 16 heavy (non-hydrogen) atoms. The van der Waals surface area contributed by atoms with Gasteiger partial charge in [-0.25, -0.2) is 9.97 Å². The normalized spacial score (nSPS) is 10.1. The first-order valence-electron chi connectivity index (χ1n) is 4.91. The molecule has 0 aliphatic heterocycles. The molecule has 0 aliphatic carbocycles. The molecule has 0 spiro atoms. The molecule has 0 saturated carbocycles. The number of hydrogen-bond acceptors (Lipinski definition) is 5. The van der Waals surface area contributed by atoms with Crippen LogP contribution in [-0.4, -0.2) is 22.0 Å². The van der Waals surface area contributed by atoms with E-state index in [1.165, 1.54) is 0 Å². The lowest BCUT2D eigenvalue weighted by molar-refractivity contribution is 1.08. The van der Waals surface area contributed by atoms with E-state index >= 15 is 0 Å². The summed E-state index contributed by atoms with van der Waals surface area (Å²) in [4.78, 5) is 12.7. The van der Waals surface area contributed by atoms with Gasteiger partial charge in [-0.2, -0.15) is 0 Å². The number of rotatable bonds is 4. The number of aromatic nitrogens is 3. The van der Waals surface area contributed by atoms with Crippen LogP contribution in [0.2, 0.25) is 0 Å². The Morgan fingerprint density at radius 3 is 2.75 bits per heavy atom. The molecule has 0 radical (unpaired) electrons. The fraction of sp³-hybridized carbons (Fsp3) is 0.182. The summed E-state index contributed by atoms with van der Waals surface area (Å²) in [7, 11) is 1.83. The Bertz CT molecular complexity index is 429. The number of thioether (sulfide) groups is 1. The summed E-state index contributed by atoms with van der Waals surface area (Å²) >= 11 is 1.65. The molecule has 1 N–H and O–H groups in total. The van der Waals surface area contributed by atoms with Crippen molar-refractivity contribution >= 4 is 17.6 Å². The molecule has 2 aromatic rings. The maximum atomic E-state index is 4.29. The van der Waals surface area contributed by atoms with Gasteiger partial charge >= 0.3 is 0 Å². The highest BCUT2D eigenvalue weighted by atomic mass is 32.2. The zero-order valence-electron chi connectivity index (χ0n) is 8.92. The maximum Gasteiger partial charge on any atom is 0.144 e. The highest BCUT2D eigenvalue weighted by Gasteiger charge is 1.98. The Hall–Kier alpha value is -1.62. The molecule has 82 valence electrons. The number of hydrogen-bond donors (Lipinski definition) is 1. The number of nitrogens with zero attached hydrogens (tertiary/aromatic N) is 3. The van der Waals surface area contributed by atoms with Crippen LogP contribution in [0.1, 0.15) is 5.69 Å². The van der Waals surface area contributed by atoms with Gasteiger partial charge in [-0.3, -0.25) is 4.98 Å². The number of pyridine rings is 1. The van der Waals surface area contributed by atoms with E-state index < -0.39 is 0 Å². The van der Waals surface area contributed by atoms with E-state index in [1.807, 2.05) is 25.2 Å². The van der Waals surface area contributed by atoms with Crippen LogP contribution < -0.4 is 5.32 Å². The van der Waals surface area contributed by atoms with Crippen molar-refractivity contribution < 1.29 is 0 Å². The van der Waals surface area contributed by atoms with Crippen LogP contribution in [0.5, 0.6) is 0 Å². The molecule has 0 fully saturated rings. The molecule has 0 atom stereocenters. The summed E-state index contributed by atoms with van der Waals surface area (Å²) in [5, 5.41) is 3.94. The van der Waals surface area contributed by atoms with E-state index in [-0.39, 0.29) is 0 Å². The second-order valence-corrected chi connectivity index (χ2v) is 4.10. The number of anilines is 1. The lowest BCUT2D eigenvalue weighted by atomic mass is 10.5. The predicted octanol–water partition coefficient (Wildman–Crippen LogP) is 2.21. The molecule has 5 heteroatoms. The van der Waals surface area contributed by atoms with Crippen molar-refractivity contribution in [2.75, 3.05) is 12.4 Å². The first-order chi connectivity index (χ1) is 7.88. The van der Waals surface area contributed by atoms with Crippen LogP contribution in [0, 0.1) is 0 Å². The summed E-state index contributed by atoms with van der Waals surface area (Å²) in [5.74, 6) is 1.57. The summed E-state index contributed by atoms with van der Waals surface area (Å²) in [6, 6.07) is 5.87. The van der Waals surface area contributed by atoms with Crippen LogP contribution in [0.15, 0.2) is 41.8 Å². The monoisotopic (exact) mass is 232 g/mol. The Labute approximate surface area is 98.6 Å². The predicted molar refractivity (Wildman–Crippen MR) is 65.4 cm³/mol. The average Bonchev–Trinajstić information content (AvgIpc) is 2.38. The van der Waals surface area contributed by atoms with Gasteiger partial charge in [0.2, 0.25) is 0 Å². The smallest absolute Gasteiger partial charge is 0.144 e. The zero-order chi connectivity index (χ0) is 11.2. The molecule has 4 nitrogen and oxygen atoms in total. The number of nitrogens with one attached hydrogen (secondary N) is 1. The molecule has 2 rings (SSSR count). The molecule has 2 heterocycles. The van der Waals surface area contributed by atoms with E-state index in [9.17, 15) is 0 Å². The third-order valence-corrected chi connectivity index (χ3v) is 2.94. The first kappa shape index (κ1) is 10.9. The largest absolute Gasteiger partial charge is 0.372 e. The lowest BCUT2D eigenvalue weighted by Crippen LogP contribution is -1.95. The van der Waals surface area contributed by atoms with Gasteiger partial charge in [0.25, 0.3) is 0 Å². The van der Waals surface area contributed by atoms with E-state index in [4.69, 9.17) is 0 Å². The van der Waals surface area contributed by atoms with E-state index in [0.717, 1.165) is 22.3 Å². The van der Waals surface area contributed by atoms with Gasteiger partial charge in [-0.05, 0) is 12.1 Å². The molecule has 0 aliphatic rings. The minimum absolute atomic E-state index is 0.784. The van der Waals surface area contributed by atoms with Crippen LogP contribution in [0.25, 0.3) is 0 Å². The minimum Gasteiger partial charge on any atom is -0.372 e. The van der Waals surface area contributed by atoms with Crippen molar-refractivity contribution in [1.82, 2.24) is 15.0 Å². The van der Waals surface area contributed by atoms with Gasteiger partial charge in [-0.15, -0.1) is 0 Å². The van der Waals surface area contributed by atoms with Gasteiger partial charge in [0.05, 0.1) is 23.1 Å². The quantitative estimate of drug-likeness (QED) is 0.819. The molecule has 0 unspecified atom stereocenters. The Balaban J connectivity index is 1.94. The van der Waals surface area contributed by atoms with Crippen molar-refractivity contribution in [3.05, 3.63) is 42.5 Å². The summed E-state index contributed by atoms with van der Waals surface area (Å²) in [6.07, 6.45) is 5.30. The SMILES string of the molecule is CNc1cnc(CSc2ccccn2)cn1. The zero-order valence-corrected chi connectivity index (χ0v) is 9.74. The fourth-order valence-electron chi connectivity index (χ4n) is 1.14. The van der Waals surface area contributed by atoms with Crippen LogP contribution >= 0.6 is 11.8 Å². The Kier molecular flexibility index (Phi) is 3.71. The summed E-state index contributed by atoms with van der Waals surface area (Å²) in [6.45, 7) is 0. The topological polar surface area (TPSA) is 50.7 Å². The highest BCUT2D eigenvalue weighted by Crippen LogP contribution is 2.18. The Morgan fingerprint density at radius 2 is 2.12 bits per heavy atom. The second-order valence-electron chi connectivity index (χ2n) is 3.10. The molecular weight excluding hydrogens is 220 g/mol. The molecule has 0 bridgehead atoms. The van der Waals surface area contributed by atoms with E-state index in [0.29, 0.717) is 0 Å². The van der Waals surface area contributed by atoms with Crippen LogP contribution in [0.4, 0.5) is 5.82 Å². The molecule has 0 amide bonds. The Morgan fingerprint density at radius 1 is 1.19 bits per heavy atom. The average molecular weight is 232 g/mol. The van der Waals surface area contributed by atoms with Gasteiger partial charge in [0.1, 0.15) is 5.82 Å². The summed E-state index contributed by atoms with van der Waals surface area (Å²) in [5.41, 5.74) is 0.953. The van der Waals surface area contributed by atoms with Gasteiger partial charge < -0.3 is 5.32 Å².